The number of rotatable bonds is 4. The van der Waals surface area contributed by atoms with Crippen LogP contribution in [-0.4, -0.2) is 13.0 Å². The number of ether oxygens (including phenoxy) is 1. The van der Waals surface area contributed by atoms with Crippen molar-refractivity contribution in [2.45, 2.75) is 6.17 Å². The van der Waals surface area contributed by atoms with Crippen molar-refractivity contribution >= 4 is 40.5 Å². The quantitative estimate of drug-likeness (QED) is 0.605. The molecule has 1 N–H and O–H groups in total. The summed E-state index contributed by atoms with van der Waals surface area (Å²) in [6.45, 7) is 0. The SMILES string of the molecule is COc1ccc(N[C@H]2c3ccccc3C(=O)N2c2ccc(Cl)cc2)cc1Cl. The van der Waals surface area contributed by atoms with E-state index in [0.29, 0.717) is 21.4 Å². The van der Waals surface area contributed by atoms with E-state index in [1.807, 2.05) is 42.5 Å². The van der Waals surface area contributed by atoms with Gasteiger partial charge in [-0.15, -0.1) is 0 Å². The minimum absolute atomic E-state index is 0.0648. The molecular weight excluding hydrogens is 383 g/mol. The summed E-state index contributed by atoms with van der Waals surface area (Å²) >= 11 is 12.3. The lowest BCUT2D eigenvalue weighted by molar-refractivity contribution is 0.0993. The third kappa shape index (κ3) is 3.22. The molecule has 1 aliphatic heterocycles. The van der Waals surface area contributed by atoms with Crippen LogP contribution in [0.25, 0.3) is 0 Å². The van der Waals surface area contributed by atoms with E-state index in [9.17, 15) is 4.79 Å². The second-order valence-electron chi connectivity index (χ2n) is 6.14. The lowest BCUT2D eigenvalue weighted by Gasteiger charge is -2.27. The van der Waals surface area contributed by atoms with Gasteiger partial charge in [-0.1, -0.05) is 41.4 Å². The van der Waals surface area contributed by atoms with Crippen molar-refractivity contribution in [2.75, 3.05) is 17.3 Å². The molecular formula is C21H16Cl2N2O2. The predicted octanol–water partition coefficient (Wildman–Crippen LogP) is 5.77. The maximum Gasteiger partial charge on any atom is 0.260 e. The average Bonchev–Trinajstić information content (AvgIpc) is 2.95. The van der Waals surface area contributed by atoms with Crippen molar-refractivity contribution in [2.24, 2.45) is 0 Å². The molecule has 1 amide bonds. The zero-order chi connectivity index (χ0) is 19.0. The van der Waals surface area contributed by atoms with Gasteiger partial charge < -0.3 is 10.1 Å². The van der Waals surface area contributed by atoms with Gasteiger partial charge in [0.05, 0.1) is 12.1 Å². The van der Waals surface area contributed by atoms with E-state index >= 15 is 0 Å². The molecule has 3 aromatic carbocycles. The van der Waals surface area contributed by atoms with Crippen molar-refractivity contribution in [3.8, 4) is 5.75 Å². The van der Waals surface area contributed by atoms with Crippen molar-refractivity contribution in [3.63, 3.8) is 0 Å². The smallest absolute Gasteiger partial charge is 0.260 e. The van der Waals surface area contributed by atoms with Gasteiger partial charge in [-0.25, -0.2) is 0 Å². The fourth-order valence-electron chi connectivity index (χ4n) is 3.24. The highest BCUT2D eigenvalue weighted by molar-refractivity contribution is 6.32. The Balaban J connectivity index is 1.75. The Labute approximate surface area is 167 Å². The molecule has 1 heterocycles. The molecule has 4 rings (SSSR count). The summed E-state index contributed by atoms with van der Waals surface area (Å²) in [4.78, 5) is 14.8. The van der Waals surface area contributed by atoms with Crippen LogP contribution < -0.4 is 15.0 Å². The summed E-state index contributed by atoms with van der Waals surface area (Å²) in [5.41, 5.74) is 3.13. The summed E-state index contributed by atoms with van der Waals surface area (Å²) in [7, 11) is 1.57. The predicted molar refractivity (Wildman–Crippen MR) is 109 cm³/mol. The first-order valence-electron chi connectivity index (χ1n) is 8.36. The number of halogens is 2. The van der Waals surface area contributed by atoms with Crippen molar-refractivity contribution in [1.29, 1.82) is 0 Å². The van der Waals surface area contributed by atoms with Crippen LogP contribution in [0.5, 0.6) is 5.75 Å². The maximum atomic E-state index is 13.1. The van der Waals surface area contributed by atoms with Crippen molar-refractivity contribution in [1.82, 2.24) is 0 Å². The Kier molecular flexibility index (Phi) is 4.68. The van der Waals surface area contributed by atoms with Crippen LogP contribution in [0.4, 0.5) is 11.4 Å². The highest BCUT2D eigenvalue weighted by Gasteiger charge is 2.37. The first-order chi connectivity index (χ1) is 13.1. The molecule has 0 bridgehead atoms. The van der Waals surface area contributed by atoms with Gasteiger partial charge in [-0.05, 0) is 48.5 Å². The highest BCUT2D eigenvalue weighted by Crippen LogP contribution is 2.39. The van der Waals surface area contributed by atoms with E-state index in [-0.39, 0.29) is 12.1 Å². The standard InChI is InChI=1S/C21H16Cl2N2O2/c1-27-19-11-8-14(12-18(19)23)24-20-16-4-2-3-5-17(16)21(26)25(20)15-9-6-13(22)7-10-15/h2-12,20,24H,1H3/t20-/m1/s1. The fraction of sp³-hybridized carbons (Fsp3) is 0.0952. The minimum atomic E-state index is -0.362. The molecule has 0 spiro atoms. The molecule has 3 aromatic rings. The Bertz CT molecular complexity index is 1010. The zero-order valence-corrected chi connectivity index (χ0v) is 16.0. The van der Waals surface area contributed by atoms with Crippen LogP contribution in [0.2, 0.25) is 10.0 Å². The number of fused-ring (bicyclic) bond motifs is 1. The Morgan fingerprint density at radius 2 is 1.74 bits per heavy atom. The van der Waals surface area contributed by atoms with E-state index in [1.54, 1.807) is 36.3 Å². The van der Waals surface area contributed by atoms with E-state index in [1.165, 1.54) is 0 Å². The van der Waals surface area contributed by atoms with Crippen LogP contribution in [-0.2, 0) is 0 Å². The monoisotopic (exact) mass is 398 g/mol. The van der Waals surface area contributed by atoms with Crippen LogP contribution in [0.3, 0.4) is 0 Å². The third-order valence-corrected chi connectivity index (χ3v) is 5.07. The molecule has 0 radical (unpaired) electrons. The summed E-state index contributed by atoms with van der Waals surface area (Å²) in [6.07, 6.45) is -0.362. The Hall–Kier alpha value is -2.69. The topological polar surface area (TPSA) is 41.6 Å². The Morgan fingerprint density at radius 1 is 1.00 bits per heavy atom. The molecule has 136 valence electrons. The van der Waals surface area contributed by atoms with Gasteiger partial charge in [0.25, 0.3) is 5.91 Å². The lowest BCUT2D eigenvalue weighted by atomic mass is 10.1. The molecule has 0 unspecified atom stereocenters. The van der Waals surface area contributed by atoms with Crippen LogP contribution in [0.15, 0.2) is 66.7 Å². The molecule has 1 aliphatic rings. The number of amides is 1. The number of nitrogens with zero attached hydrogens (tertiary/aromatic N) is 1. The summed E-state index contributed by atoms with van der Waals surface area (Å²) in [6, 6.07) is 20.2. The fourth-order valence-corrected chi connectivity index (χ4v) is 3.62. The molecule has 27 heavy (non-hydrogen) atoms. The molecule has 0 saturated carbocycles. The lowest BCUT2D eigenvalue weighted by Crippen LogP contribution is -2.32. The number of carbonyl (C=O) groups excluding carboxylic acids is 1. The molecule has 6 heteroatoms. The number of carbonyl (C=O) groups is 1. The number of benzene rings is 3. The molecule has 1 atom stereocenters. The maximum absolute atomic E-state index is 13.1. The number of anilines is 2. The minimum Gasteiger partial charge on any atom is -0.495 e. The average molecular weight is 399 g/mol. The third-order valence-electron chi connectivity index (χ3n) is 4.52. The van der Waals surface area contributed by atoms with E-state index in [4.69, 9.17) is 27.9 Å². The van der Waals surface area contributed by atoms with Gasteiger partial charge in [-0.3, -0.25) is 9.69 Å². The first kappa shape index (κ1) is 17.7. The van der Waals surface area contributed by atoms with Crippen LogP contribution in [0, 0.1) is 0 Å². The van der Waals surface area contributed by atoms with Crippen molar-refractivity contribution < 1.29 is 9.53 Å². The van der Waals surface area contributed by atoms with Crippen LogP contribution >= 0.6 is 23.2 Å². The summed E-state index contributed by atoms with van der Waals surface area (Å²) in [5, 5.41) is 4.53. The molecule has 0 aliphatic carbocycles. The van der Waals surface area contributed by atoms with Crippen molar-refractivity contribution in [3.05, 3.63) is 87.9 Å². The first-order valence-corrected chi connectivity index (χ1v) is 9.12. The van der Waals surface area contributed by atoms with Gasteiger partial charge in [0.1, 0.15) is 11.9 Å². The van der Waals surface area contributed by atoms with Gasteiger partial charge in [0.2, 0.25) is 0 Å². The van der Waals surface area contributed by atoms with E-state index in [2.05, 4.69) is 5.32 Å². The second kappa shape index (κ2) is 7.14. The Morgan fingerprint density at radius 3 is 2.44 bits per heavy atom. The number of hydrogen-bond acceptors (Lipinski definition) is 3. The summed E-state index contributed by atoms with van der Waals surface area (Å²) in [5.74, 6) is 0.532. The van der Waals surface area contributed by atoms with Crippen LogP contribution in [0.1, 0.15) is 22.1 Å². The number of nitrogens with one attached hydrogen (secondary N) is 1. The van der Waals surface area contributed by atoms with Gasteiger partial charge in [-0.2, -0.15) is 0 Å². The molecule has 0 saturated heterocycles. The van der Waals surface area contributed by atoms with Gasteiger partial charge in [0, 0.05) is 27.5 Å². The molecule has 0 fully saturated rings. The summed E-state index contributed by atoms with van der Waals surface area (Å²) < 4.78 is 5.21. The second-order valence-corrected chi connectivity index (χ2v) is 6.98. The zero-order valence-electron chi connectivity index (χ0n) is 14.4. The van der Waals surface area contributed by atoms with Gasteiger partial charge >= 0.3 is 0 Å². The van der Waals surface area contributed by atoms with Gasteiger partial charge in [0.15, 0.2) is 0 Å². The molecule has 0 aromatic heterocycles. The highest BCUT2D eigenvalue weighted by atomic mass is 35.5. The van der Waals surface area contributed by atoms with E-state index in [0.717, 1.165) is 16.9 Å². The number of hydrogen-bond donors (Lipinski definition) is 1. The normalized spacial score (nSPS) is 15.6. The largest absolute Gasteiger partial charge is 0.495 e. The number of methoxy groups -OCH3 is 1. The molecule has 4 nitrogen and oxygen atoms in total. The van der Waals surface area contributed by atoms with E-state index < -0.39 is 0 Å².